The number of hydrogen-bond donors (Lipinski definition) is 2. The van der Waals surface area contributed by atoms with Gasteiger partial charge >= 0.3 is 0 Å². The van der Waals surface area contributed by atoms with E-state index in [2.05, 4.69) is 41.7 Å². The highest BCUT2D eigenvalue weighted by molar-refractivity contribution is 5.83. The Kier molecular flexibility index (Phi) is 4.55. The lowest BCUT2D eigenvalue weighted by Crippen LogP contribution is -3.09. The monoisotopic (exact) mass is 322 g/mol. The first-order chi connectivity index (χ1) is 11.5. The normalized spacial score (nSPS) is 17.7. The van der Waals surface area contributed by atoms with Crippen molar-refractivity contribution in [2.75, 3.05) is 13.6 Å². The van der Waals surface area contributed by atoms with E-state index in [9.17, 15) is 10.1 Å². The summed E-state index contributed by atoms with van der Waals surface area (Å²) in [5.74, 6) is 0.261. The number of carbonyl (C=O) groups excluding carboxylic acids is 1. The van der Waals surface area contributed by atoms with Gasteiger partial charge in [0.1, 0.15) is 12.1 Å². The van der Waals surface area contributed by atoms with Gasteiger partial charge in [-0.3, -0.25) is 4.79 Å². The molecular formula is C20H24N3O+. The van der Waals surface area contributed by atoms with E-state index in [1.165, 1.54) is 16.3 Å². The molecule has 1 amide bonds. The first kappa shape index (κ1) is 16.5. The predicted octanol–water partition coefficient (Wildman–Crippen LogP) is 1.66. The van der Waals surface area contributed by atoms with Crippen molar-refractivity contribution in [3.05, 3.63) is 48.0 Å². The highest BCUT2D eigenvalue weighted by atomic mass is 16.2. The van der Waals surface area contributed by atoms with Gasteiger partial charge in [0.2, 0.25) is 0 Å². The molecule has 0 saturated heterocycles. The number of rotatable bonds is 6. The number of carbonyl (C=O) groups is 1. The molecule has 1 unspecified atom stereocenters. The second kappa shape index (κ2) is 6.62. The van der Waals surface area contributed by atoms with Crippen LogP contribution >= 0.6 is 0 Å². The Labute approximate surface area is 143 Å². The summed E-state index contributed by atoms with van der Waals surface area (Å²) in [4.78, 5) is 13.4. The van der Waals surface area contributed by atoms with Crippen molar-refractivity contribution in [3.8, 4) is 6.07 Å². The van der Waals surface area contributed by atoms with Gasteiger partial charge in [-0.1, -0.05) is 36.4 Å². The van der Waals surface area contributed by atoms with Crippen LogP contribution in [-0.2, 0) is 11.3 Å². The molecule has 0 bridgehead atoms. The molecule has 0 heterocycles. The fraction of sp³-hybridized carbons (Fsp3) is 0.400. The molecule has 4 nitrogen and oxygen atoms in total. The van der Waals surface area contributed by atoms with Gasteiger partial charge in [0.25, 0.3) is 5.91 Å². The van der Waals surface area contributed by atoms with Gasteiger partial charge in [-0.05, 0) is 42.5 Å². The Bertz CT molecular complexity index is 791. The molecule has 2 aromatic carbocycles. The van der Waals surface area contributed by atoms with E-state index in [4.69, 9.17) is 0 Å². The molecule has 0 aliphatic heterocycles. The van der Waals surface area contributed by atoms with Crippen LogP contribution in [0.15, 0.2) is 42.5 Å². The zero-order chi connectivity index (χ0) is 17.2. The van der Waals surface area contributed by atoms with Gasteiger partial charge in [-0.15, -0.1) is 0 Å². The molecule has 2 N–H and O–H groups in total. The maximum absolute atomic E-state index is 12.3. The third-order valence-corrected chi connectivity index (χ3v) is 4.81. The Morgan fingerprint density at radius 1 is 1.29 bits per heavy atom. The van der Waals surface area contributed by atoms with E-state index in [0.29, 0.717) is 12.5 Å². The summed E-state index contributed by atoms with van der Waals surface area (Å²) in [5.41, 5.74) is 0.504. The summed E-state index contributed by atoms with van der Waals surface area (Å²) in [6, 6.07) is 17.0. The number of amides is 1. The van der Waals surface area contributed by atoms with Crippen LogP contribution in [0.5, 0.6) is 0 Å². The summed E-state index contributed by atoms with van der Waals surface area (Å²) in [7, 11) is 2.01. The van der Waals surface area contributed by atoms with Crippen LogP contribution in [0.2, 0.25) is 0 Å². The van der Waals surface area contributed by atoms with Crippen LogP contribution in [0.4, 0.5) is 0 Å². The maximum atomic E-state index is 12.3. The standard InChI is InChI=1S/C20H23N3O/c1-20(14-21,18-9-10-18)22-19(24)13-23(2)12-15-7-8-16-5-3-4-6-17(16)11-15/h3-8,11,18H,9-10,12-13H2,1-2H3,(H,22,24)/p+1/t20-/m1/s1. The largest absolute Gasteiger partial charge is 0.333 e. The maximum Gasteiger partial charge on any atom is 0.276 e. The van der Waals surface area contributed by atoms with Crippen molar-refractivity contribution in [1.29, 1.82) is 5.26 Å². The lowest BCUT2D eigenvalue weighted by molar-refractivity contribution is -0.885. The van der Waals surface area contributed by atoms with Gasteiger partial charge in [0.15, 0.2) is 6.54 Å². The quantitative estimate of drug-likeness (QED) is 0.850. The average molecular weight is 322 g/mol. The van der Waals surface area contributed by atoms with Gasteiger partial charge in [0, 0.05) is 5.56 Å². The summed E-state index contributed by atoms with van der Waals surface area (Å²) < 4.78 is 0. The van der Waals surface area contributed by atoms with Crippen molar-refractivity contribution < 1.29 is 9.69 Å². The molecule has 1 aliphatic rings. The van der Waals surface area contributed by atoms with Crippen molar-refractivity contribution in [2.45, 2.75) is 31.8 Å². The summed E-state index contributed by atoms with van der Waals surface area (Å²) >= 11 is 0. The minimum absolute atomic E-state index is 0.0516. The number of nitrogens with zero attached hydrogens (tertiary/aromatic N) is 1. The van der Waals surface area contributed by atoms with E-state index in [1.54, 1.807) is 0 Å². The molecule has 24 heavy (non-hydrogen) atoms. The SMILES string of the molecule is C[NH+](CC(=O)N[C@](C)(C#N)C1CC1)Cc1ccc2ccccc2c1. The van der Waals surface area contributed by atoms with Gasteiger partial charge in [0.05, 0.1) is 13.1 Å². The van der Waals surface area contributed by atoms with Crippen molar-refractivity contribution >= 4 is 16.7 Å². The van der Waals surface area contributed by atoms with Gasteiger partial charge in [-0.25, -0.2) is 0 Å². The highest BCUT2D eigenvalue weighted by Gasteiger charge is 2.43. The molecular weight excluding hydrogens is 298 g/mol. The van der Waals surface area contributed by atoms with Gasteiger partial charge < -0.3 is 10.2 Å². The third-order valence-electron chi connectivity index (χ3n) is 4.81. The number of nitriles is 1. The number of benzene rings is 2. The smallest absolute Gasteiger partial charge is 0.276 e. The minimum atomic E-state index is -0.708. The molecule has 1 fully saturated rings. The summed E-state index contributed by atoms with van der Waals surface area (Å²) in [5, 5.41) is 14.7. The molecule has 4 heteroatoms. The predicted molar refractivity (Wildman–Crippen MR) is 94.3 cm³/mol. The molecule has 124 valence electrons. The Morgan fingerprint density at radius 2 is 2.00 bits per heavy atom. The molecule has 1 saturated carbocycles. The van der Waals surface area contributed by atoms with Crippen LogP contribution < -0.4 is 10.2 Å². The first-order valence-electron chi connectivity index (χ1n) is 8.51. The number of hydrogen-bond acceptors (Lipinski definition) is 2. The lowest BCUT2D eigenvalue weighted by atomic mass is 9.98. The van der Waals surface area contributed by atoms with E-state index in [-0.39, 0.29) is 5.91 Å². The average Bonchev–Trinajstić information content (AvgIpc) is 3.39. The zero-order valence-corrected chi connectivity index (χ0v) is 14.3. The van der Waals surface area contributed by atoms with Crippen LogP contribution in [0.3, 0.4) is 0 Å². The van der Waals surface area contributed by atoms with E-state index >= 15 is 0 Å². The molecule has 2 aromatic rings. The van der Waals surface area contributed by atoms with Crippen LogP contribution in [0, 0.1) is 17.2 Å². The number of fused-ring (bicyclic) bond motifs is 1. The van der Waals surface area contributed by atoms with E-state index in [1.807, 2.05) is 26.1 Å². The lowest BCUT2D eigenvalue weighted by Gasteiger charge is -2.23. The molecule has 0 radical (unpaired) electrons. The van der Waals surface area contributed by atoms with Crippen LogP contribution in [0.1, 0.15) is 25.3 Å². The number of likely N-dealkylation sites (N-methyl/N-ethyl adjacent to an activating group) is 1. The highest BCUT2D eigenvalue weighted by Crippen LogP contribution is 2.39. The summed E-state index contributed by atoms with van der Waals surface area (Å²) in [6.45, 7) is 2.99. The minimum Gasteiger partial charge on any atom is -0.333 e. The van der Waals surface area contributed by atoms with Gasteiger partial charge in [-0.2, -0.15) is 5.26 Å². The molecule has 0 spiro atoms. The van der Waals surface area contributed by atoms with Crippen molar-refractivity contribution in [3.63, 3.8) is 0 Å². The van der Waals surface area contributed by atoms with Crippen molar-refractivity contribution in [1.82, 2.24) is 5.32 Å². The number of nitrogens with one attached hydrogen (secondary N) is 2. The zero-order valence-electron chi connectivity index (χ0n) is 14.3. The van der Waals surface area contributed by atoms with Crippen LogP contribution in [0.25, 0.3) is 10.8 Å². The summed E-state index contributed by atoms with van der Waals surface area (Å²) in [6.07, 6.45) is 2.06. The Balaban J connectivity index is 1.59. The topological polar surface area (TPSA) is 57.3 Å². The van der Waals surface area contributed by atoms with E-state index in [0.717, 1.165) is 24.3 Å². The Hall–Kier alpha value is -2.38. The van der Waals surface area contributed by atoms with Crippen LogP contribution in [-0.4, -0.2) is 25.0 Å². The van der Waals surface area contributed by atoms with E-state index < -0.39 is 5.54 Å². The number of quaternary nitrogens is 1. The fourth-order valence-corrected chi connectivity index (χ4v) is 3.25. The molecule has 2 atom stereocenters. The Morgan fingerprint density at radius 3 is 2.67 bits per heavy atom. The molecule has 0 aromatic heterocycles. The first-order valence-corrected chi connectivity index (χ1v) is 8.51. The second-order valence-electron chi connectivity index (χ2n) is 7.13. The molecule has 1 aliphatic carbocycles. The fourth-order valence-electron chi connectivity index (χ4n) is 3.25. The third kappa shape index (κ3) is 3.74. The molecule has 3 rings (SSSR count). The second-order valence-corrected chi connectivity index (χ2v) is 7.13. The van der Waals surface area contributed by atoms with Crippen molar-refractivity contribution in [2.24, 2.45) is 5.92 Å².